The first-order valence-electron chi connectivity index (χ1n) is 8.44. The second kappa shape index (κ2) is 8.08. The van der Waals surface area contributed by atoms with Gasteiger partial charge >= 0.3 is 0 Å². The van der Waals surface area contributed by atoms with Crippen LogP contribution in [0.25, 0.3) is 11.3 Å². The van der Waals surface area contributed by atoms with Crippen molar-refractivity contribution in [2.24, 2.45) is 0 Å². The lowest BCUT2D eigenvalue weighted by atomic mass is 10.1. The zero-order valence-corrected chi connectivity index (χ0v) is 15.4. The summed E-state index contributed by atoms with van der Waals surface area (Å²) in [7, 11) is 0. The molecular formula is C21H22N2OS. The highest BCUT2D eigenvalue weighted by Gasteiger charge is 2.04. The van der Waals surface area contributed by atoms with Gasteiger partial charge in [-0.3, -0.25) is 4.79 Å². The molecule has 1 heterocycles. The maximum Gasteiger partial charge on any atom is 0.224 e. The van der Waals surface area contributed by atoms with Crippen LogP contribution in [0.4, 0.5) is 0 Å². The predicted octanol–water partition coefficient (Wildman–Crippen LogP) is 4.33. The van der Waals surface area contributed by atoms with Gasteiger partial charge < -0.3 is 5.32 Å². The Morgan fingerprint density at radius 3 is 2.32 bits per heavy atom. The smallest absolute Gasteiger partial charge is 0.224 e. The standard InChI is InChI=1S/C21H22N2OS/c1-15-3-5-18(6-4-15)13-21(24)22-12-11-17-7-9-19(10-8-17)20-14-25-16(2)23-20/h3-10,14H,11-13H2,1-2H3,(H,22,24). The third-order valence-corrected chi connectivity index (χ3v) is 4.86. The highest BCUT2D eigenvalue weighted by Crippen LogP contribution is 2.21. The summed E-state index contributed by atoms with van der Waals surface area (Å²) in [4.78, 5) is 16.5. The van der Waals surface area contributed by atoms with Crippen LogP contribution >= 0.6 is 11.3 Å². The first-order valence-corrected chi connectivity index (χ1v) is 9.32. The van der Waals surface area contributed by atoms with E-state index >= 15 is 0 Å². The van der Waals surface area contributed by atoms with Crippen LogP contribution in [0, 0.1) is 13.8 Å². The van der Waals surface area contributed by atoms with Gasteiger partial charge in [-0.2, -0.15) is 0 Å². The van der Waals surface area contributed by atoms with Crippen molar-refractivity contribution in [2.45, 2.75) is 26.7 Å². The van der Waals surface area contributed by atoms with Crippen molar-refractivity contribution in [1.29, 1.82) is 0 Å². The number of hydrogen-bond donors (Lipinski definition) is 1. The molecular weight excluding hydrogens is 328 g/mol. The van der Waals surface area contributed by atoms with Crippen molar-refractivity contribution in [1.82, 2.24) is 10.3 Å². The van der Waals surface area contributed by atoms with Crippen LogP contribution in [0.1, 0.15) is 21.7 Å². The van der Waals surface area contributed by atoms with Gasteiger partial charge in [-0.05, 0) is 31.4 Å². The number of nitrogens with zero attached hydrogens (tertiary/aromatic N) is 1. The van der Waals surface area contributed by atoms with E-state index in [-0.39, 0.29) is 5.91 Å². The number of rotatable bonds is 6. The van der Waals surface area contributed by atoms with Crippen LogP contribution in [-0.2, 0) is 17.6 Å². The number of thiazole rings is 1. The maximum atomic E-state index is 12.0. The number of nitrogens with one attached hydrogen (secondary N) is 1. The summed E-state index contributed by atoms with van der Waals surface area (Å²) in [6, 6.07) is 16.5. The number of amides is 1. The van der Waals surface area contributed by atoms with Crippen molar-refractivity contribution in [2.75, 3.05) is 6.54 Å². The molecule has 3 aromatic rings. The van der Waals surface area contributed by atoms with E-state index < -0.39 is 0 Å². The van der Waals surface area contributed by atoms with Crippen molar-refractivity contribution >= 4 is 17.2 Å². The first kappa shape index (κ1) is 17.4. The van der Waals surface area contributed by atoms with E-state index in [9.17, 15) is 4.79 Å². The zero-order valence-electron chi connectivity index (χ0n) is 14.6. The largest absolute Gasteiger partial charge is 0.355 e. The highest BCUT2D eigenvalue weighted by atomic mass is 32.1. The first-order chi connectivity index (χ1) is 12.1. The molecule has 2 aromatic carbocycles. The third-order valence-electron chi connectivity index (χ3n) is 4.09. The van der Waals surface area contributed by atoms with E-state index in [2.05, 4.69) is 39.9 Å². The lowest BCUT2D eigenvalue weighted by Crippen LogP contribution is -2.27. The molecule has 0 fully saturated rings. The fourth-order valence-electron chi connectivity index (χ4n) is 2.64. The van der Waals surface area contributed by atoms with Gasteiger partial charge in [0.25, 0.3) is 0 Å². The van der Waals surface area contributed by atoms with Crippen LogP contribution in [0.15, 0.2) is 53.9 Å². The molecule has 25 heavy (non-hydrogen) atoms. The minimum Gasteiger partial charge on any atom is -0.355 e. The SMILES string of the molecule is Cc1ccc(CC(=O)NCCc2ccc(-c3csc(C)n3)cc2)cc1. The van der Waals surface area contributed by atoms with Crippen LogP contribution in [0.5, 0.6) is 0 Å². The summed E-state index contributed by atoms with van der Waals surface area (Å²) < 4.78 is 0. The Kier molecular flexibility index (Phi) is 5.61. The molecule has 0 aliphatic heterocycles. The van der Waals surface area contributed by atoms with E-state index in [0.717, 1.165) is 28.2 Å². The third kappa shape index (κ3) is 5.00. The Morgan fingerprint density at radius 1 is 1.00 bits per heavy atom. The molecule has 0 bridgehead atoms. The van der Waals surface area contributed by atoms with Gasteiger partial charge in [0.05, 0.1) is 17.1 Å². The van der Waals surface area contributed by atoms with E-state index in [1.165, 1.54) is 11.1 Å². The molecule has 0 spiro atoms. The molecule has 0 unspecified atom stereocenters. The van der Waals surface area contributed by atoms with E-state index in [1.807, 2.05) is 38.1 Å². The second-order valence-corrected chi connectivity index (χ2v) is 7.27. The van der Waals surface area contributed by atoms with Gasteiger partial charge in [-0.1, -0.05) is 54.1 Å². The Balaban J connectivity index is 1.47. The van der Waals surface area contributed by atoms with E-state index in [4.69, 9.17) is 0 Å². The predicted molar refractivity (Wildman–Crippen MR) is 104 cm³/mol. The molecule has 0 atom stereocenters. The summed E-state index contributed by atoms with van der Waals surface area (Å²) in [6.07, 6.45) is 1.26. The summed E-state index contributed by atoms with van der Waals surface area (Å²) in [6.45, 7) is 4.71. The van der Waals surface area contributed by atoms with Gasteiger partial charge in [0.2, 0.25) is 5.91 Å². The minimum atomic E-state index is 0.0680. The number of benzene rings is 2. The fourth-order valence-corrected chi connectivity index (χ4v) is 3.26. The molecule has 4 heteroatoms. The number of carbonyl (C=O) groups is 1. The van der Waals surface area contributed by atoms with Crippen LogP contribution in [0.2, 0.25) is 0 Å². The molecule has 0 saturated heterocycles. The number of hydrogen-bond acceptors (Lipinski definition) is 3. The fraction of sp³-hybridized carbons (Fsp3) is 0.238. The average Bonchev–Trinajstić information content (AvgIpc) is 3.04. The average molecular weight is 350 g/mol. The Morgan fingerprint density at radius 2 is 1.68 bits per heavy atom. The molecule has 0 aliphatic rings. The zero-order chi connectivity index (χ0) is 17.6. The molecule has 1 N–H and O–H groups in total. The molecule has 128 valence electrons. The lowest BCUT2D eigenvalue weighted by Gasteiger charge is -2.06. The number of carbonyl (C=O) groups excluding carboxylic acids is 1. The molecule has 0 radical (unpaired) electrons. The molecule has 3 rings (SSSR count). The van der Waals surface area contributed by atoms with E-state index in [0.29, 0.717) is 13.0 Å². The van der Waals surface area contributed by atoms with Crippen molar-refractivity contribution in [3.63, 3.8) is 0 Å². The van der Waals surface area contributed by atoms with Crippen molar-refractivity contribution in [3.8, 4) is 11.3 Å². The Bertz CT molecular complexity index is 835. The summed E-state index contributed by atoms with van der Waals surface area (Å²) in [5.41, 5.74) is 5.63. The van der Waals surface area contributed by atoms with Crippen LogP contribution < -0.4 is 5.32 Å². The highest BCUT2D eigenvalue weighted by molar-refractivity contribution is 7.09. The summed E-state index contributed by atoms with van der Waals surface area (Å²) in [5, 5.41) is 6.15. The van der Waals surface area contributed by atoms with Gasteiger partial charge in [0.1, 0.15) is 0 Å². The molecule has 0 saturated carbocycles. The van der Waals surface area contributed by atoms with Gasteiger partial charge in [-0.25, -0.2) is 4.98 Å². The van der Waals surface area contributed by atoms with E-state index in [1.54, 1.807) is 11.3 Å². The Labute approximate surface area is 152 Å². The van der Waals surface area contributed by atoms with Gasteiger partial charge in [-0.15, -0.1) is 11.3 Å². The van der Waals surface area contributed by atoms with Crippen LogP contribution in [-0.4, -0.2) is 17.4 Å². The number of aryl methyl sites for hydroxylation is 2. The quantitative estimate of drug-likeness (QED) is 0.719. The lowest BCUT2D eigenvalue weighted by molar-refractivity contribution is -0.120. The van der Waals surface area contributed by atoms with Gasteiger partial charge in [0.15, 0.2) is 0 Å². The normalized spacial score (nSPS) is 10.6. The summed E-state index contributed by atoms with van der Waals surface area (Å²) >= 11 is 1.66. The van der Waals surface area contributed by atoms with Gasteiger partial charge in [0, 0.05) is 17.5 Å². The minimum absolute atomic E-state index is 0.0680. The molecule has 1 amide bonds. The summed E-state index contributed by atoms with van der Waals surface area (Å²) in [5.74, 6) is 0.0680. The molecule has 0 aliphatic carbocycles. The monoisotopic (exact) mass is 350 g/mol. The Hall–Kier alpha value is -2.46. The van der Waals surface area contributed by atoms with Crippen LogP contribution in [0.3, 0.4) is 0 Å². The molecule has 3 nitrogen and oxygen atoms in total. The topological polar surface area (TPSA) is 42.0 Å². The molecule has 1 aromatic heterocycles. The number of aromatic nitrogens is 1. The second-order valence-electron chi connectivity index (χ2n) is 6.21. The van der Waals surface area contributed by atoms with Crippen molar-refractivity contribution in [3.05, 3.63) is 75.6 Å². The van der Waals surface area contributed by atoms with Crippen molar-refractivity contribution < 1.29 is 4.79 Å². The maximum absolute atomic E-state index is 12.0.